The van der Waals surface area contributed by atoms with Gasteiger partial charge in [-0.1, -0.05) is 6.07 Å². The number of anilines is 1. The Hall–Kier alpha value is -1.66. The first kappa shape index (κ1) is 13.8. The summed E-state index contributed by atoms with van der Waals surface area (Å²) in [4.78, 5) is 18.0. The molecule has 1 saturated heterocycles. The smallest absolute Gasteiger partial charge is 0.252 e. The molecule has 104 valence electrons. The largest absolute Gasteiger partial charge is 0.315 e. The molecule has 19 heavy (non-hydrogen) atoms. The highest BCUT2D eigenvalue weighted by Crippen LogP contribution is 2.07. The second-order valence-electron chi connectivity index (χ2n) is 4.80. The quantitative estimate of drug-likeness (QED) is 0.663. The third-order valence-corrected chi connectivity index (χ3v) is 3.28. The summed E-state index contributed by atoms with van der Waals surface area (Å²) in [5, 5.41) is 3.35. The maximum Gasteiger partial charge on any atom is 0.252 e. The van der Waals surface area contributed by atoms with E-state index in [1.807, 2.05) is 19.2 Å². The second-order valence-corrected chi connectivity index (χ2v) is 4.80. The van der Waals surface area contributed by atoms with E-state index in [2.05, 4.69) is 26.1 Å². The molecule has 1 unspecified atom stereocenters. The van der Waals surface area contributed by atoms with Crippen molar-refractivity contribution in [3.8, 4) is 0 Å². The van der Waals surface area contributed by atoms with Crippen molar-refractivity contribution >= 4 is 11.7 Å². The molecule has 1 aromatic heterocycles. The predicted molar refractivity (Wildman–Crippen MR) is 74.5 cm³/mol. The van der Waals surface area contributed by atoms with Gasteiger partial charge in [0, 0.05) is 18.8 Å². The van der Waals surface area contributed by atoms with Gasteiger partial charge < -0.3 is 5.32 Å². The van der Waals surface area contributed by atoms with Crippen LogP contribution in [0.5, 0.6) is 0 Å². The topological polar surface area (TPSA) is 69.3 Å². The van der Waals surface area contributed by atoms with E-state index < -0.39 is 0 Å². The first-order chi connectivity index (χ1) is 9.25. The summed E-state index contributed by atoms with van der Waals surface area (Å²) in [6.45, 7) is 2.42. The monoisotopic (exact) mass is 263 g/mol. The molecule has 2 heterocycles. The Morgan fingerprint density at radius 1 is 1.58 bits per heavy atom. The summed E-state index contributed by atoms with van der Waals surface area (Å²) in [6, 6.07) is 5.93. The number of nitrogens with zero attached hydrogens (tertiary/aromatic N) is 2. The maximum atomic E-state index is 11.8. The lowest BCUT2D eigenvalue weighted by Crippen LogP contribution is -2.48. The number of pyridine rings is 1. The van der Waals surface area contributed by atoms with Crippen LogP contribution in [0.25, 0.3) is 0 Å². The summed E-state index contributed by atoms with van der Waals surface area (Å²) in [7, 11) is 1.98. The van der Waals surface area contributed by atoms with Gasteiger partial charge in [-0.05, 0) is 38.6 Å². The van der Waals surface area contributed by atoms with Gasteiger partial charge in [-0.2, -0.15) is 0 Å². The SMILES string of the molecule is CN(CC(=O)NNc1ccccn1)C1CCCNC1. The fraction of sp³-hybridized carbons (Fsp3) is 0.538. The molecule has 0 spiro atoms. The number of aromatic nitrogens is 1. The van der Waals surface area contributed by atoms with Crippen molar-refractivity contribution in [1.82, 2.24) is 20.6 Å². The molecule has 6 nitrogen and oxygen atoms in total. The van der Waals surface area contributed by atoms with E-state index >= 15 is 0 Å². The van der Waals surface area contributed by atoms with Crippen LogP contribution >= 0.6 is 0 Å². The Morgan fingerprint density at radius 3 is 3.16 bits per heavy atom. The second kappa shape index (κ2) is 7.06. The van der Waals surface area contributed by atoms with Crippen LogP contribution in [0.15, 0.2) is 24.4 Å². The Morgan fingerprint density at radius 2 is 2.47 bits per heavy atom. The van der Waals surface area contributed by atoms with E-state index in [-0.39, 0.29) is 5.91 Å². The van der Waals surface area contributed by atoms with E-state index in [4.69, 9.17) is 0 Å². The number of nitrogens with one attached hydrogen (secondary N) is 3. The molecule has 0 bridgehead atoms. The molecule has 3 N–H and O–H groups in total. The molecule has 1 aliphatic rings. The average molecular weight is 263 g/mol. The normalized spacial score (nSPS) is 19.2. The summed E-state index contributed by atoms with van der Waals surface area (Å²) < 4.78 is 0. The molecule has 2 rings (SSSR count). The lowest BCUT2D eigenvalue weighted by molar-refractivity contribution is -0.122. The molecule has 1 fully saturated rings. The number of rotatable bonds is 5. The third-order valence-electron chi connectivity index (χ3n) is 3.28. The zero-order valence-corrected chi connectivity index (χ0v) is 11.2. The number of carbonyl (C=O) groups is 1. The highest BCUT2D eigenvalue weighted by atomic mass is 16.2. The molecule has 0 saturated carbocycles. The lowest BCUT2D eigenvalue weighted by Gasteiger charge is -2.31. The van der Waals surface area contributed by atoms with Gasteiger partial charge in [0.2, 0.25) is 0 Å². The van der Waals surface area contributed by atoms with E-state index in [1.165, 1.54) is 6.42 Å². The predicted octanol–water partition coefficient (Wildman–Crippen LogP) is 0.208. The van der Waals surface area contributed by atoms with Crippen molar-refractivity contribution in [2.75, 3.05) is 32.1 Å². The third kappa shape index (κ3) is 4.50. The van der Waals surface area contributed by atoms with Crippen LogP contribution in [0.1, 0.15) is 12.8 Å². The minimum absolute atomic E-state index is 0.0567. The van der Waals surface area contributed by atoms with E-state index in [1.54, 1.807) is 12.3 Å². The minimum atomic E-state index is -0.0567. The highest BCUT2D eigenvalue weighted by Gasteiger charge is 2.19. The van der Waals surface area contributed by atoms with Gasteiger partial charge in [0.05, 0.1) is 6.54 Å². The lowest BCUT2D eigenvalue weighted by atomic mass is 10.1. The van der Waals surface area contributed by atoms with Crippen molar-refractivity contribution in [3.63, 3.8) is 0 Å². The molecule has 0 aliphatic carbocycles. The summed E-state index contributed by atoms with van der Waals surface area (Å²) in [6.07, 6.45) is 3.99. The molecule has 1 aliphatic heterocycles. The van der Waals surface area contributed by atoms with Crippen LogP contribution in [0.3, 0.4) is 0 Å². The number of hydrogen-bond acceptors (Lipinski definition) is 5. The van der Waals surface area contributed by atoms with Gasteiger partial charge >= 0.3 is 0 Å². The van der Waals surface area contributed by atoms with Gasteiger partial charge in [0.25, 0.3) is 5.91 Å². The van der Waals surface area contributed by atoms with Gasteiger partial charge in [0.15, 0.2) is 0 Å². The number of hydrazine groups is 1. The molecular formula is C13H21N5O. The van der Waals surface area contributed by atoms with E-state index in [0.29, 0.717) is 18.4 Å². The van der Waals surface area contributed by atoms with Crippen molar-refractivity contribution < 1.29 is 4.79 Å². The summed E-state index contributed by atoms with van der Waals surface area (Å²) in [5.41, 5.74) is 5.46. The van der Waals surface area contributed by atoms with Gasteiger partial charge in [-0.3, -0.25) is 20.5 Å². The van der Waals surface area contributed by atoms with Crippen LogP contribution in [0, 0.1) is 0 Å². The molecule has 1 atom stereocenters. The zero-order chi connectivity index (χ0) is 13.5. The molecular weight excluding hydrogens is 242 g/mol. The number of amides is 1. The summed E-state index contributed by atoms with van der Waals surface area (Å²) in [5.74, 6) is 0.580. The van der Waals surface area contributed by atoms with Crippen LogP contribution < -0.4 is 16.2 Å². The van der Waals surface area contributed by atoms with Gasteiger partial charge in [-0.25, -0.2) is 4.98 Å². The molecule has 0 radical (unpaired) electrons. The average Bonchev–Trinajstić information content (AvgIpc) is 2.47. The summed E-state index contributed by atoms with van der Waals surface area (Å²) >= 11 is 0. The molecule has 1 aromatic rings. The van der Waals surface area contributed by atoms with Crippen molar-refractivity contribution in [1.29, 1.82) is 0 Å². The molecule has 0 aromatic carbocycles. The first-order valence-corrected chi connectivity index (χ1v) is 6.62. The van der Waals surface area contributed by atoms with E-state index in [9.17, 15) is 4.79 Å². The van der Waals surface area contributed by atoms with Crippen molar-refractivity contribution in [2.45, 2.75) is 18.9 Å². The van der Waals surface area contributed by atoms with Gasteiger partial charge in [0.1, 0.15) is 5.82 Å². The fourth-order valence-corrected chi connectivity index (χ4v) is 2.18. The number of likely N-dealkylation sites (N-methyl/N-ethyl adjacent to an activating group) is 1. The van der Waals surface area contributed by atoms with Crippen LogP contribution in [-0.4, -0.2) is 48.5 Å². The van der Waals surface area contributed by atoms with E-state index in [0.717, 1.165) is 19.5 Å². The number of carbonyl (C=O) groups excluding carboxylic acids is 1. The van der Waals surface area contributed by atoms with Crippen LogP contribution in [0.4, 0.5) is 5.82 Å². The van der Waals surface area contributed by atoms with Crippen molar-refractivity contribution in [2.24, 2.45) is 0 Å². The fourth-order valence-electron chi connectivity index (χ4n) is 2.18. The standard InChI is InChI=1S/C13H21N5O/c1-18(11-5-4-7-14-9-11)10-13(19)17-16-12-6-2-3-8-15-12/h2-3,6,8,11,14H,4-5,7,9-10H2,1H3,(H,15,16)(H,17,19). The highest BCUT2D eigenvalue weighted by molar-refractivity contribution is 5.79. The van der Waals surface area contributed by atoms with Crippen LogP contribution in [-0.2, 0) is 4.79 Å². The number of piperidine rings is 1. The Bertz CT molecular complexity index is 391. The molecule has 6 heteroatoms. The van der Waals surface area contributed by atoms with Gasteiger partial charge in [-0.15, -0.1) is 0 Å². The first-order valence-electron chi connectivity index (χ1n) is 6.62. The Balaban J connectivity index is 1.71. The number of hydrogen-bond donors (Lipinski definition) is 3. The zero-order valence-electron chi connectivity index (χ0n) is 11.2. The maximum absolute atomic E-state index is 11.8. The molecule has 1 amide bonds. The van der Waals surface area contributed by atoms with Crippen LogP contribution in [0.2, 0.25) is 0 Å². The Kier molecular flexibility index (Phi) is 5.11. The Labute approximate surface area is 113 Å². The minimum Gasteiger partial charge on any atom is -0.315 e. The van der Waals surface area contributed by atoms with Crippen molar-refractivity contribution in [3.05, 3.63) is 24.4 Å².